The van der Waals surface area contributed by atoms with Gasteiger partial charge in [-0.05, 0) is 44.9 Å². The van der Waals surface area contributed by atoms with Gasteiger partial charge in [0.1, 0.15) is 16.6 Å². The van der Waals surface area contributed by atoms with Crippen molar-refractivity contribution in [1.82, 2.24) is 15.0 Å². The highest BCUT2D eigenvalue weighted by Gasteiger charge is 2.31. The topological polar surface area (TPSA) is 92.8 Å². The van der Waals surface area contributed by atoms with Crippen LogP contribution in [0.1, 0.15) is 26.7 Å². The van der Waals surface area contributed by atoms with Gasteiger partial charge in [0.2, 0.25) is 5.95 Å². The average molecular weight is 530 g/mol. The van der Waals surface area contributed by atoms with Gasteiger partial charge in [0.15, 0.2) is 10.8 Å². The first-order valence-corrected chi connectivity index (χ1v) is 13.3. The number of rotatable bonds is 7. The minimum absolute atomic E-state index is 0.0970. The summed E-state index contributed by atoms with van der Waals surface area (Å²) in [6.45, 7) is 5.90. The third kappa shape index (κ3) is 5.16. The van der Waals surface area contributed by atoms with Gasteiger partial charge in [0, 0.05) is 48.7 Å². The zero-order chi connectivity index (χ0) is 25.4. The molecular weight excluding hydrogens is 501 g/mol. The molecule has 2 aromatic heterocycles. The highest BCUT2D eigenvalue weighted by atomic mass is 35.5. The number of ether oxygens (including phenoxy) is 1. The van der Waals surface area contributed by atoms with Gasteiger partial charge < -0.3 is 20.3 Å². The van der Waals surface area contributed by atoms with Crippen molar-refractivity contribution in [3.05, 3.63) is 40.8 Å². The number of aliphatic imine (C=N–C) groups is 1. The summed E-state index contributed by atoms with van der Waals surface area (Å²) in [5.41, 5.74) is 8.15. The minimum Gasteiger partial charge on any atom is -0.404 e. The number of nitrogens with zero attached hydrogens (tertiary/aromatic N) is 6. The fraction of sp³-hybridized carbons (Fsp3) is 0.440. The maximum absolute atomic E-state index is 15.1. The van der Waals surface area contributed by atoms with Crippen LogP contribution in [0.2, 0.25) is 5.02 Å². The van der Waals surface area contributed by atoms with E-state index < -0.39 is 5.82 Å². The lowest BCUT2D eigenvalue weighted by molar-refractivity contribution is 0.00666. The molecule has 0 bridgehead atoms. The zero-order valence-corrected chi connectivity index (χ0v) is 22.1. The first kappa shape index (κ1) is 24.9. The van der Waals surface area contributed by atoms with Gasteiger partial charge in [-0.15, -0.1) is 0 Å². The van der Waals surface area contributed by atoms with E-state index in [-0.39, 0.29) is 12.2 Å². The van der Waals surface area contributed by atoms with E-state index in [2.05, 4.69) is 4.99 Å². The predicted molar refractivity (Wildman–Crippen MR) is 145 cm³/mol. The Kier molecular flexibility index (Phi) is 7.09. The molecule has 190 valence electrons. The molecule has 0 radical (unpaired) electrons. The summed E-state index contributed by atoms with van der Waals surface area (Å²) < 4.78 is 22.0. The summed E-state index contributed by atoms with van der Waals surface area (Å²) in [4.78, 5) is 23.1. The van der Waals surface area contributed by atoms with E-state index in [9.17, 15) is 0 Å². The van der Waals surface area contributed by atoms with Crippen molar-refractivity contribution in [2.75, 3.05) is 36.5 Å². The van der Waals surface area contributed by atoms with Gasteiger partial charge in [-0.2, -0.15) is 9.97 Å². The summed E-state index contributed by atoms with van der Waals surface area (Å²) in [5, 5.41) is 1.13. The van der Waals surface area contributed by atoms with Crippen LogP contribution in [0.15, 0.2) is 35.0 Å². The molecule has 1 aliphatic heterocycles. The second-order valence-electron chi connectivity index (χ2n) is 9.18. The molecule has 36 heavy (non-hydrogen) atoms. The second-order valence-corrected chi connectivity index (χ2v) is 10.6. The molecule has 2 N–H and O–H groups in total. The van der Waals surface area contributed by atoms with Gasteiger partial charge in [-0.1, -0.05) is 22.9 Å². The molecule has 3 heterocycles. The zero-order valence-electron chi connectivity index (χ0n) is 20.5. The van der Waals surface area contributed by atoms with Gasteiger partial charge >= 0.3 is 0 Å². The van der Waals surface area contributed by atoms with E-state index in [1.165, 1.54) is 17.4 Å². The monoisotopic (exact) mass is 529 g/mol. The molecular formula is C25H29ClFN7OS. The number of morpholine rings is 1. The van der Waals surface area contributed by atoms with Crippen LogP contribution in [0.5, 0.6) is 0 Å². The van der Waals surface area contributed by atoms with Crippen molar-refractivity contribution in [3.63, 3.8) is 0 Å². The van der Waals surface area contributed by atoms with Gasteiger partial charge in [-0.3, -0.25) is 4.99 Å². The number of hydrogen-bond acceptors (Lipinski definition) is 9. The average Bonchev–Trinajstić information content (AvgIpc) is 3.58. The Labute approximate surface area is 218 Å². The Bertz CT molecular complexity index is 1330. The Morgan fingerprint density at radius 3 is 2.83 bits per heavy atom. The van der Waals surface area contributed by atoms with E-state index >= 15 is 4.39 Å². The molecule has 1 saturated carbocycles. The fourth-order valence-corrected chi connectivity index (χ4v) is 5.25. The number of nitrogens with two attached hydrogens (primary N) is 1. The van der Waals surface area contributed by atoms with E-state index in [0.29, 0.717) is 47.0 Å². The molecule has 11 heteroatoms. The molecule has 0 amide bonds. The lowest BCUT2D eigenvalue weighted by Gasteiger charge is -2.37. The summed E-state index contributed by atoms with van der Waals surface area (Å²) in [6.07, 6.45) is 5.23. The van der Waals surface area contributed by atoms with Crippen molar-refractivity contribution in [2.45, 2.75) is 44.9 Å². The van der Waals surface area contributed by atoms with Crippen molar-refractivity contribution in [2.24, 2.45) is 10.7 Å². The van der Waals surface area contributed by atoms with Crippen LogP contribution in [0, 0.1) is 5.82 Å². The number of hydrogen-bond donors (Lipinski definition) is 1. The molecule has 8 nitrogen and oxygen atoms in total. The van der Waals surface area contributed by atoms with Crippen LogP contribution < -0.4 is 15.5 Å². The highest BCUT2D eigenvalue weighted by molar-refractivity contribution is 7.22. The largest absolute Gasteiger partial charge is 0.404 e. The second kappa shape index (κ2) is 10.3. The number of aromatic nitrogens is 3. The smallest absolute Gasteiger partial charge is 0.228 e. The molecule has 1 saturated heterocycles. The van der Waals surface area contributed by atoms with Crippen LogP contribution in [0.4, 0.5) is 15.5 Å². The number of halogens is 2. The standard InChI is InChI=1S/C25H29ClFN7OS/c1-4-33(3)25-32-23-22(36-25)21(18-8-5-16(26)9-19(18)27)30-24(31-23)34-12-14(2)35-20(13-34)15(10-28)11-29-17-6-7-17/h5,8-11,14,17,20H,4,6-7,12-13,28H2,1-3H3/b15-10+,29-11?/t14-,20-/m1/s1. The molecule has 2 atom stereocenters. The summed E-state index contributed by atoms with van der Waals surface area (Å²) in [7, 11) is 1.97. The quantitative estimate of drug-likeness (QED) is 0.444. The number of benzene rings is 1. The van der Waals surface area contributed by atoms with E-state index in [0.717, 1.165) is 34.8 Å². The Morgan fingerprint density at radius 1 is 1.33 bits per heavy atom. The molecule has 3 aromatic rings. The van der Waals surface area contributed by atoms with Crippen LogP contribution in [0.3, 0.4) is 0 Å². The first-order chi connectivity index (χ1) is 17.4. The Balaban J connectivity index is 1.56. The van der Waals surface area contributed by atoms with E-state index in [1.807, 2.05) is 36.9 Å². The van der Waals surface area contributed by atoms with Crippen molar-refractivity contribution >= 4 is 50.6 Å². The molecule has 1 aliphatic carbocycles. The molecule has 0 unspecified atom stereocenters. The normalized spacial score (nSPS) is 21.0. The fourth-order valence-electron chi connectivity index (χ4n) is 4.05. The summed E-state index contributed by atoms with van der Waals surface area (Å²) in [5.74, 6) is 0.0311. The Hall–Kier alpha value is -2.82. The number of thiazole rings is 1. The van der Waals surface area contributed by atoms with Crippen molar-refractivity contribution in [1.29, 1.82) is 0 Å². The third-order valence-corrected chi connectivity index (χ3v) is 7.71. The van der Waals surface area contributed by atoms with Crippen molar-refractivity contribution < 1.29 is 9.13 Å². The molecule has 0 spiro atoms. The summed E-state index contributed by atoms with van der Waals surface area (Å²) >= 11 is 7.48. The molecule has 2 aliphatic rings. The number of anilines is 2. The van der Waals surface area contributed by atoms with Crippen LogP contribution in [0.25, 0.3) is 21.6 Å². The van der Waals surface area contributed by atoms with Crippen molar-refractivity contribution in [3.8, 4) is 11.3 Å². The van der Waals surface area contributed by atoms with Gasteiger partial charge in [0.05, 0.1) is 24.4 Å². The molecule has 5 rings (SSSR count). The van der Waals surface area contributed by atoms with Crippen LogP contribution >= 0.6 is 22.9 Å². The summed E-state index contributed by atoms with van der Waals surface area (Å²) in [6, 6.07) is 5.01. The maximum Gasteiger partial charge on any atom is 0.228 e. The lowest BCUT2D eigenvalue weighted by atomic mass is 10.1. The Morgan fingerprint density at radius 2 is 2.14 bits per heavy atom. The van der Waals surface area contributed by atoms with Gasteiger partial charge in [-0.25, -0.2) is 9.37 Å². The first-order valence-electron chi connectivity index (χ1n) is 12.1. The van der Waals surface area contributed by atoms with Crippen LogP contribution in [-0.4, -0.2) is 66.1 Å². The highest BCUT2D eigenvalue weighted by Crippen LogP contribution is 2.37. The van der Waals surface area contributed by atoms with Crippen LogP contribution in [-0.2, 0) is 4.74 Å². The van der Waals surface area contributed by atoms with Gasteiger partial charge in [0.25, 0.3) is 0 Å². The SMILES string of the molecule is CCN(C)c1nc2nc(N3C[C@@H](C)O[C@@H](/C(C=NC4CC4)=C/N)C3)nc(-c3ccc(Cl)cc3F)c2s1. The predicted octanol–water partition coefficient (Wildman–Crippen LogP) is 4.67. The molecule has 1 aromatic carbocycles. The molecule has 2 fully saturated rings. The number of fused-ring (bicyclic) bond motifs is 1. The lowest BCUT2D eigenvalue weighted by Crippen LogP contribution is -2.48. The van der Waals surface area contributed by atoms with E-state index in [1.54, 1.807) is 18.3 Å². The maximum atomic E-state index is 15.1. The minimum atomic E-state index is -0.440. The van der Waals surface area contributed by atoms with E-state index in [4.69, 9.17) is 37.0 Å². The third-order valence-electron chi connectivity index (χ3n) is 6.31.